The van der Waals surface area contributed by atoms with Crippen molar-refractivity contribution >= 4 is 45.9 Å². The third-order valence-corrected chi connectivity index (χ3v) is 11.2. The summed E-state index contributed by atoms with van der Waals surface area (Å²) in [4.78, 5) is 44.0. The third-order valence-electron chi connectivity index (χ3n) is 9.23. The van der Waals surface area contributed by atoms with Crippen molar-refractivity contribution in [3.05, 3.63) is 78.4 Å². The summed E-state index contributed by atoms with van der Waals surface area (Å²) >= 11 is 1.65. The summed E-state index contributed by atoms with van der Waals surface area (Å²) in [5.74, 6) is -1.74. The Labute approximate surface area is 245 Å². The van der Waals surface area contributed by atoms with Gasteiger partial charge in [0.05, 0.1) is 29.2 Å². The van der Waals surface area contributed by atoms with Crippen LogP contribution in [-0.4, -0.2) is 62.5 Å². The van der Waals surface area contributed by atoms with Crippen LogP contribution in [-0.2, 0) is 20.8 Å². The molecule has 2 unspecified atom stereocenters. The van der Waals surface area contributed by atoms with Gasteiger partial charge >= 0.3 is 0 Å². The SMILES string of the molecule is CCCNC(=O)[C@@H]1[C@H]2C(=O)N([C@@H](CO)Cc3ccccc3)C(C(=O)Nc3ccc4ccccc4c3)C23CC[C@@]1(C)S3. The summed E-state index contributed by atoms with van der Waals surface area (Å²) in [6.45, 7) is 4.35. The van der Waals surface area contributed by atoms with Crippen molar-refractivity contribution in [1.29, 1.82) is 0 Å². The minimum absolute atomic E-state index is 0.110. The Kier molecular flexibility index (Phi) is 7.32. The summed E-state index contributed by atoms with van der Waals surface area (Å²) in [6.07, 6.45) is 2.64. The number of aliphatic hydroxyl groups excluding tert-OH is 1. The number of nitrogens with one attached hydrogen (secondary N) is 2. The molecule has 6 atom stereocenters. The molecule has 8 heteroatoms. The van der Waals surface area contributed by atoms with E-state index in [0.717, 1.165) is 29.2 Å². The van der Waals surface area contributed by atoms with E-state index in [1.54, 1.807) is 16.7 Å². The number of likely N-dealkylation sites (tertiary alicyclic amines) is 1. The van der Waals surface area contributed by atoms with Gasteiger partial charge in [-0.2, -0.15) is 0 Å². The Bertz CT molecular complexity index is 1480. The van der Waals surface area contributed by atoms with Crippen LogP contribution in [0.3, 0.4) is 0 Å². The van der Waals surface area contributed by atoms with Crippen molar-refractivity contribution < 1.29 is 19.5 Å². The third kappa shape index (κ3) is 4.61. The number of amides is 3. The number of hydrogen-bond donors (Lipinski definition) is 3. The van der Waals surface area contributed by atoms with Crippen LogP contribution < -0.4 is 10.6 Å². The second-order valence-electron chi connectivity index (χ2n) is 11.8. The fourth-order valence-electron chi connectivity index (χ4n) is 7.43. The molecule has 3 aliphatic rings. The van der Waals surface area contributed by atoms with Crippen molar-refractivity contribution in [1.82, 2.24) is 10.2 Å². The van der Waals surface area contributed by atoms with E-state index in [1.807, 2.05) is 79.7 Å². The van der Waals surface area contributed by atoms with E-state index in [4.69, 9.17) is 0 Å². The standard InChI is InChI=1S/C33H37N3O4S/c1-3-17-34-29(38)26-27-31(40)36(25(20-37)18-21-9-5-4-6-10-21)28(33(27)16-15-32(26,2)41-33)30(39)35-24-14-13-22-11-7-8-12-23(22)19-24/h4-14,19,25-28,37H,3,15-18,20H2,1-2H3,(H,34,38)(H,35,39)/t25-,26+,27+,28?,32-,33?/m1/s1. The first-order chi connectivity index (χ1) is 19.8. The number of thioether (sulfide) groups is 1. The zero-order chi connectivity index (χ0) is 28.8. The maximum atomic E-state index is 14.5. The first-order valence-electron chi connectivity index (χ1n) is 14.6. The van der Waals surface area contributed by atoms with Gasteiger partial charge in [0.25, 0.3) is 0 Å². The highest BCUT2D eigenvalue weighted by Gasteiger charge is 2.77. The van der Waals surface area contributed by atoms with Crippen LogP contribution in [0, 0.1) is 11.8 Å². The summed E-state index contributed by atoms with van der Waals surface area (Å²) in [7, 11) is 0. The second-order valence-corrected chi connectivity index (χ2v) is 13.7. The zero-order valence-corrected chi connectivity index (χ0v) is 24.3. The number of hydrogen-bond acceptors (Lipinski definition) is 5. The zero-order valence-electron chi connectivity index (χ0n) is 23.5. The lowest BCUT2D eigenvalue weighted by Gasteiger charge is -2.37. The Morgan fingerprint density at radius 2 is 1.76 bits per heavy atom. The van der Waals surface area contributed by atoms with Gasteiger partial charge in [-0.05, 0) is 61.1 Å². The molecule has 0 radical (unpaired) electrons. The number of benzene rings is 3. The van der Waals surface area contributed by atoms with Gasteiger partial charge in [-0.3, -0.25) is 14.4 Å². The molecule has 3 aliphatic heterocycles. The van der Waals surface area contributed by atoms with Gasteiger partial charge in [0.1, 0.15) is 6.04 Å². The topological polar surface area (TPSA) is 98.7 Å². The molecule has 3 fully saturated rings. The van der Waals surface area contributed by atoms with E-state index < -0.39 is 33.4 Å². The number of nitrogens with zero attached hydrogens (tertiary/aromatic N) is 1. The molecule has 0 saturated carbocycles. The molecule has 6 rings (SSSR count). The van der Waals surface area contributed by atoms with Gasteiger partial charge < -0.3 is 20.6 Å². The summed E-state index contributed by atoms with van der Waals surface area (Å²) < 4.78 is -1.18. The maximum absolute atomic E-state index is 14.5. The highest BCUT2D eigenvalue weighted by atomic mass is 32.2. The van der Waals surface area contributed by atoms with Crippen LogP contribution in [0.25, 0.3) is 10.8 Å². The summed E-state index contributed by atoms with van der Waals surface area (Å²) in [6, 6.07) is 22.1. The van der Waals surface area contributed by atoms with Crippen LogP contribution in [0.1, 0.15) is 38.7 Å². The molecule has 1 spiro atoms. The van der Waals surface area contributed by atoms with Crippen molar-refractivity contribution in [2.75, 3.05) is 18.5 Å². The molecule has 7 nitrogen and oxygen atoms in total. The highest BCUT2D eigenvalue weighted by molar-refractivity contribution is 8.02. The Morgan fingerprint density at radius 1 is 1.02 bits per heavy atom. The van der Waals surface area contributed by atoms with Crippen LogP contribution >= 0.6 is 11.8 Å². The largest absolute Gasteiger partial charge is 0.394 e. The quantitative estimate of drug-likeness (QED) is 0.354. The van der Waals surface area contributed by atoms with Gasteiger partial charge in [-0.15, -0.1) is 11.8 Å². The van der Waals surface area contributed by atoms with Crippen LogP contribution in [0.15, 0.2) is 72.8 Å². The minimum atomic E-state index is -0.817. The van der Waals surface area contributed by atoms with Gasteiger partial charge in [0, 0.05) is 17.0 Å². The Morgan fingerprint density at radius 3 is 2.49 bits per heavy atom. The molecule has 3 N–H and O–H groups in total. The van der Waals surface area contributed by atoms with E-state index in [9.17, 15) is 19.5 Å². The predicted octanol–water partition coefficient (Wildman–Crippen LogP) is 4.39. The number of fused-ring (bicyclic) bond motifs is 2. The molecular weight excluding hydrogens is 534 g/mol. The molecule has 3 heterocycles. The van der Waals surface area contributed by atoms with Crippen molar-refractivity contribution in [3.63, 3.8) is 0 Å². The molecule has 3 aromatic rings. The number of aliphatic hydroxyl groups is 1. The van der Waals surface area contributed by atoms with E-state index >= 15 is 0 Å². The predicted molar refractivity (Wildman–Crippen MR) is 162 cm³/mol. The first-order valence-corrected chi connectivity index (χ1v) is 15.4. The van der Waals surface area contributed by atoms with E-state index in [1.165, 1.54) is 0 Å². The minimum Gasteiger partial charge on any atom is -0.394 e. The van der Waals surface area contributed by atoms with Crippen molar-refractivity contribution in [3.8, 4) is 0 Å². The molecule has 214 valence electrons. The molecule has 2 bridgehead atoms. The van der Waals surface area contributed by atoms with Crippen molar-refractivity contribution in [2.45, 2.75) is 61.1 Å². The van der Waals surface area contributed by atoms with E-state index in [-0.39, 0.29) is 24.3 Å². The van der Waals surface area contributed by atoms with Crippen molar-refractivity contribution in [2.24, 2.45) is 11.8 Å². The lowest BCUT2D eigenvalue weighted by Crippen LogP contribution is -2.55. The number of carbonyl (C=O) groups is 3. The number of carbonyl (C=O) groups excluding carboxylic acids is 3. The summed E-state index contributed by atoms with van der Waals surface area (Å²) in [5, 5.41) is 18.9. The smallest absolute Gasteiger partial charge is 0.248 e. The Hall–Kier alpha value is -3.36. The van der Waals surface area contributed by atoms with Gasteiger partial charge in [-0.25, -0.2) is 0 Å². The van der Waals surface area contributed by atoms with Crippen LogP contribution in [0.2, 0.25) is 0 Å². The normalized spacial score (nSPS) is 29.0. The Balaban J connectivity index is 1.40. The van der Waals surface area contributed by atoms with Gasteiger partial charge in [0.2, 0.25) is 17.7 Å². The highest BCUT2D eigenvalue weighted by Crippen LogP contribution is 2.71. The summed E-state index contributed by atoms with van der Waals surface area (Å²) in [5.41, 5.74) is 1.63. The first kappa shape index (κ1) is 27.8. The monoisotopic (exact) mass is 571 g/mol. The number of anilines is 1. The molecule has 41 heavy (non-hydrogen) atoms. The average Bonchev–Trinajstić information content (AvgIpc) is 3.55. The maximum Gasteiger partial charge on any atom is 0.248 e. The second kappa shape index (κ2) is 10.8. The fourth-order valence-corrected chi connectivity index (χ4v) is 9.77. The lowest BCUT2D eigenvalue weighted by molar-refractivity contribution is -0.142. The van der Waals surface area contributed by atoms with E-state index in [2.05, 4.69) is 17.6 Å². The molecule has 3 saturated heterocycles. The average molecular weight is 572 g/mol. The molecule has 3 aromatic carbocycles. The fraction of sp³-hybridized carbons (Fsp3) is 0.424. The molecular formula is C33H37N3O4S. The number of rotatable bonds is 9. The van der Waals surface area contributed by atoms with Crippen LogP contribution in [0.4, 0.5) is 5.69 Å². The van der Waals surface area contributed by atoms with E-state index in [0.29, 0.717) is 25.1 Å². The molecule has 0 aromatic heterocycles. The van der Waals surface area contributed by atoms with Gasteiger partial charge in [0.15, 0.2) is 0 Å². The molecule has 0 aliphatic carbocycles. The van der Waals surface area contributed by atoms with Gasteiger partial charge in [-0.1, -0.05) is 67.6 Å². The lowest BCUT2D eigenvalue weighted by atomic mass is 9.66. The van der Waals surface area contributed by atoms with Crippen LogP contribution in [0.5, 0.6) is 0 Å². The molecule has 3 amide bonds.